The van der Waals surface area contributed by atoms with Crippen molar-refractivity contribution in [1.29, 1.82) is 0 Å². The third kappa shape index (κ3) is 4.36. The quantitative estimate of drug-likeness (QED) is 0.445. The van der Waals surface area contributed by atoms with Gasteiger partial charge in [0.1, 0.15) is 6.61 Å². The molecule has 0 N–H and O–H groups in total. The van der Waals surface area contributed by atoms with Gasteiger partial charge in [-0.15, -0.1) is 0 Å². The summed E-state index contributed by atoms with van der Waals surface area (Å²) in [4.78, 5) is 32.1. The average molecular weight is 389 g/mol. The zero-order valence-electron chi connectivity index (χ0n) is 13.6. The highest BCUT2D eigenvalue weighted by atomic mass is 35.5. The summed E-state index contributed by atoms with van der Waals surface area (Å²) < 4.78 is 3.23. The molecule has 3 rings (SSSR count). The Kier molecular flexibility index (Phi) is 5.49. The Morgan fingerprint density at radius 1 is 1.00 bits per heavy atom. The van der Waals surface area contributed by atoms with Gasteiger partial charge in [-0.05, 0) is 5.56 Å². The fourth-order valence-corrected chi connectivity index (χ4v) is 2.67. The zero-order chi connectivity index (χ0) is 18.6. The molecule has 0 unspecified atom stereocenters. The Balaban J connectivity index is 1.77. The summed E-state index contributed by atoms with van der Waals surface area (Å²) in [6.07, 6.45) is -0.199. The Morgan fingerprint density at radius 3 is 2.27 bits per heavy atom. The molecule has 2 aromatic carbocycles. The first-order chi connectivity index (χ1) is 12.5. The highest BCUT2D eigenvalue weighted by Gasteiger charge is 2.39. The molecule has 0 spiro atoms. The van der Waals surface area contributed by atoms with Gasteiger partial charge in [0.05, 0.1) is 17.8 Å². The summed E-state index contributed by atoms with van der Waals surface area (Å²) in [6.45, 7) is 0.136. The van der Waals surface area contributed by atoms with E-state index in [9.17, 15) is 9.59 Å². The summed E-state index contributed by atoms with van der Waals surface area (Å²) in [5.41, 5.74) is 1.98. The summed E-state index contributed by atoms with van der Waals surface area (Å²) in [5.74, 6) is -1.31. The van der Waals surface area contributed by atoms with Crippen molar-refractivity contribution < 1.29 is 14.3 Å². The first-order valence-electron chi connectivity index (χ1n) is 7.81. The number of carbonyl (C=O) groups is 2. The number of aliphatic imine (C=N–C) groups is 2. The van der Waals surface area contributed by atoms with Crippen LogP contribution >= 0.6 is 23.2 Å². The predicted octanol–water partition coefficient (Wildman–Crippen LogP) is 3.72. The number of hydrogen-bond donors (Lipinski definition) is 0. The third-order valence-corrected chi connectivity index (χ3v) is 4.11. The number of ether oxygens (including phenoxy) is 1. The lowest BCUT2D eigenvalue weighted by Crippen LogP contribution is -2.35. The Bertz CT molecular complexity index is 878. The zero-order valence-corrected chi connectivity index (χ0v) is 15.1. The monoisotopic (exact) mass is 388 g/mol. The van der Waals surface area contributed by atoms with Crippen molar-refractivity contribution in [1.82, 2.24) is 0 Å². The number of rotatable bonds is 5. The molecule has 5 nitrogen and oxygen atoms in total. The first kappa shape index (κ1) is 18.3. The summed E-state index contributed by atoms with van der Waals surface area (Å²) >= 11 is 11.8. The highest BCUT2D eigenvalue weighted by Crippen LogP contribution is 2.29. The van der Waals surface area contributed by atoms with Crippen LogP contribution in [0.15, 0.2) is 70.6 Å². The van der Waals surface area contributed by atoms with Crippen molar-refractivity contribution >= 4 is 46.5 Å². The van der Waals surface area contributed by atoms with Crippen LogP contribution in [-0.4, -0.2) is 27.8 Å². The van der Waals surface area contributed by atoms with Gasteiger partial charge < -0.3 is 4.74 Å². The maximum atomic E-state index is 12.2. The molecule has 0 aliphatic carbocycles. The van der Waals surface area contributed by atoms with E-state index in [1.54, 1.807) is 24.3 Å². The van der Waals surface area contributed by atoms with E-state index in [1.165, 1.54) is 0 Å². The van der Waals surface area contributed by atoms with Crippen LogP contribution in [0.25, 0.3) is 0 Å². The molecule has 0 saturated heterocycles. The van der Waals surface area contributed by atoms with E-state index < -0.39 is 16.3 Å². The van der Waals surface area contributed by atoms with Gasteiger partial charge in [-0.2, -0.15) is 0 Å². The fourth-order valence-electron chi connectivity index (χ4n) is 2.38. The molecule has 0 radical (unpaired) electrons. The van der Waals surface area contributed by atoms with Gasteiger partial charge in [0.2, 0.25) is 0 Å². The van der Waals surface area contributed by atoms with Crippen LogP contribution < -0.4 is 0 Å². The van der Waals surface area contributed by atoms with Crippen LogP contribution in [0.5, 0.6) is 0 Å². The standard InChI is InChI=1S/C19H14Cl2N2O3/c20-19(21)18(25)22-17(14-9-5-2-6-10-14)15(23-19)11-16(24)26-12-13-7-3-1-4-8-13/h1-10H,11-12H2. The van der Waals surface area contributed by atoms with E-state index in [1.807, 2.05) is 36.4 Å². The van der Waals surface area contributed by atoms with Crippen molar-refractivity contribution in [2.24, 2.45) is 9.98 Å². The Hall–Kier alpha value is -2.50. The Morgan fingerprint density at radius 2 is 1.62 bits per heavy atom. The fraction of sp³-hybridized carbons (Fsp3) is 0.158. The topological polar surface area (TPSA) is 68.1 Å². The molecule has 0 atom stereocenters. The average Bonchev–Trinajstić information content (AvgIpc) is 2.64. The molecular weight excluding hydrogens is 375 g/mol. The van der Waals surface area contributed by atoms with E-state index in [2.05, 4.69) is 9.98 Å². The summed E-state index contributed by atoms with van der Waals surface area (Å²) in [7, 11) is 0. The number of amides is 1. The van der Waals surface area contributed by atoms with Gasteiger partial charge in [-0.1, -0.05) is 83.9 Å². The van der Waals surface area contributed by atoms with Crippen molar-refractivity contribution in [2.75, 3.05) is 0 Å². The minimum atomic E-state index is -2.03. The second kappa shape index (κ2) is 7.81. The number of esters is 1. The lowest BCUT2D eigenvalue weighted by atomic mass is 10.0. The molecular formula is C19H14Cl2N2O3. The molecule has 0 fully saturated rings. The van der Waals surface area contributed by atoms with Crippen LogP contribution in [0.4, 0.5) is 0 Å². The van der Waals surface area contributed by atoms with Gasteiger partial charge in [0.15, 0.2) is 0 Å². The third-order valence-electron chi connectivity index (χ3n) is 3.62. The minimum Gasteiger partial charge on any atom is -0.461 e. The second-order valence-electron chi connectivity index (χ2n) is 5.55. The van der Waals surface area contributed by atoms with E-state index in [-0.39, 0.29) is 24.5 Å². The SMILES string of the molecule is O=C(CC1=NC(Cl)(Cl)C(=O)N=C1c1ccccc1)OCc1ccccc1. The number of carbonyl (C=O) groups excluding carboxylic acids is 2. The van der Waals surface area contributed by atoms with Crippen molar-refractivity contribution in [3.63, 3.8) is 0 Å². The maximum Gasteiger partial charge on any atom is 0.312 e. The molecule has 1 aliphatic heterocycles. The molecule has 26 heavy (non-hydrogen) atoms. The second-order valence-corrected chi connectivity index (χ2v) is 6.84. The summed E-state index contributed by atoms with van der Waals surface area (Å²) in [5, 5.41) is 0. The van der Waals surface area contributed by atoms with Gasteiger partial charge in [-0.3, -0.25) is 9.59 Å². The number of halogens is 2. The molecule has 1 aliphatic rings. The number of hydrogen-bond acceptors (Lipinski definition) is 4. The lowest BCUT2D eigenvalue weighted by Gasteiger charge is -2.20. The van der Waals surface area contributed by atoms with Crippen LogP contribution in [0.3, 0.4) is 0 Å². The number of benzene rings is 2. The number of nitrogens with zero attached hydrogens (tertiary/aromatic N) is 2. The van der Waals surface area contributed by atoms with Gasteiger partial charge in [-0.25, -0.2) is 9.98 Å². The maximum absolute atomic E-state index is 12.2. The van der Waals surface area contributed by atoms with Gasteiger partial charge >= 0.3 is 11.9 Å². The van der Waals surface area contributed by atoms with Crippen molar-refractivity contribution in [2.45, 2.75) is 17.5 Å². The molecule has 2 aromatic rings. The van der Waals surface area contributed by atoms with Crippen molar-refractivity contribution in [3.8, 4) is 0 Å². The van der Waals surface area contributed by atoms with Gasteiger partial charge in [0.25, 0.3) is 4.46 Å². The van der Waals surface area contributed by atoms with E-state index >= 15 is 0 Å². The molecule has 7 heteroatoms. The molecule has 0 aromatic heterocycles. The van der Waals surface area contributed by atoms with Crippen LogP contribution in [0.1, 0.15) is 17.5 Å². The van der Waals surface area contributed by atoms with E-state index in [4.69, 9.17) is 27.9 Å². The van der Waals surface area contributed by atoms with Crippen LogP contribution in [0.2, 0.25) is 0 Å². The molecule has 1 amide bonds. The minimum absolute atomic E-state index is 0.136. The largest absolute Gasteiger partial charge is 0.461 e. The first-order valence-corrected chi connectivity index (χ1v) is 8.56. The molecule has 132 valence electrons. The predicted molar refractivity (Wildman–Crippen MR) is 101 cm³/mol. The lowest BCUT2D eigenvalue weighted by molar-refractivity contribution is -0.143. The van der Waals surface area contributed by atoms with E-state index in [0.29, 0.717) is 5.56 Å². The molecule has 0 saturated carbocycles. The molecule has 0 bridgehead atoms. The Labute approximate surface area is 160 Å². The highest BCUT2D eigenvalue weighted by molar-refractivity contribution is 6.63. The van der Waals surface area contributed by atoms with Gasteiger partial charge in [0, 0.05) is 5.56 Å². The van der Waals surface area contributed by atoms with Crippen LogP contribution in [-0.2, 0) is 20.9 Å². The molecule has 1 heterocycles. The summed E-state index contributed by atoms with van der Waals surface area (Å²) in [6, 6.07) is 18.2. The van der Waals surface area contributed by atoms with E-state index in [0.717, 1.165) is 5.56 Å². The normalized spacial score (nSPS) is 15.8. The number of alkyl halides is 2. The smallest absolute Gasteiger partial charge is 0.312 e. The van der Waals surface area contributed by atoms with Crippen LogP contribution in [0, 0.1) is 0 Å². The van der Waals surface area contributed by atoms with Crippen molar-refractivity contribution in [3.05, 3.63) is 71.8 Å².